The van der Waals surface area contributed by atoms with Gasteiger partial charge in [-0.25, -0.2) is 8.42 Å². The molecular weight excluding hydrogens is 292 g/mol. The van der Waals surface area contributed by atoms with E-state index in [1.54, 1.807) is 30.3 Å². The van der Waals surface area contributed by atoms with Gasteiger partial charge in [-0.15, -0.1) is 0 Å². The second kappa shape index (κ2) is 6.55. The molecule has 0 radical (unpaired) electrons. The summed E-state index contributed by atoms with van der Waals surface area (Å²) in [5.41, 5.74) is 0. The molecular formula is C14H20N2O4S. The maximum atomic E-state index is 12.5. The predicted molar refractivity (Wildman–Crippen MR) is 78.0 cm³/mol. The van der Waals surface area contributed by atoms with E-state index in [1.807, 2.05) is 0 Å². The number of nitrogens with one attached hydrogen (secondary N) is 1. The van der Waals surface area contributed by atoms with Gasteiger partial charge in [0.1, 0.15) is 0 Å². The molecule has 1 amide bonds. The van der Waals surface area contributed by atoms with E-state index in [1.165, 1.54) is 11.2 Å². The van der Waals surface area contributed by atoms with Crippen molar-refractivity contribution in [2.24, 2.45) is 0 Å². The van der Waals surface area contributed by atoms with Crippen LogP contribution < -0.4 is 5.32 Å². The van der Waals surface area contributed by atoms with E-state index in [2.05, 4.69) is 5.32 Å². The van der Waals surface area contributed by atoms with Crippen LogP contribution in [0.3, 0.4) is 0 Å². The third-order valence-electron chi connectivity index (χ3n) is 3.60. The number of hydrogen-bond donors (Lipinski definition) is 2. The van der Waals surface area contributed by atoms with Crippen LogP contribution in [0.5, 0.6) is 0 Å². The van der Waals surface area contributed by atoms with Crippen LogP contribution in [-0.4, -0.2) is 49.0 Å². The van der Waals surface area contributed by atoms with Gasteiger partial charge in [0.25, 0.3) is 0 Å². The summed E-state index contributed by atoms with van der Waals surface area (Å²) < 4.78 is 26.4. The van der Waals surface area contributed by atoms with Gasteiger partial charge in [0.15, 0.2) is 0 Å². The molecule has 1 aromatic carbocycles. The average Bonchev–Trinajstić information content (AvgIpc) is 2.63. The zero-order chi connectivity index (χ0) is 15.5. The molecule has 1 heterocycles. The lowest BCUT2D eigenvalue weighted by Crippen LogP contribution is -2.42. The normalized spacial score (nSPS) is 24.3. The van der Waals surface area contributed by atoms with Crippen LogP contribution in [0.2, 0.25) is 0 Å². The van der Waals surface area contributed by atoms with Gasteiger partial charge in [-0.05, 0) is 25.0 Å². The van der Waals surface area contributed by atoms with E-state index in [9.17, 15) is 18.3 Å². The molecule has 0 bridgehead atoms. The highest BCUT2D eigenvalue weighted by molar-refractivity contribution is 7.89. The van der Waals surface area contributed by atoms with Gasteiger partial charge in [0, 0.05) is 20.0 Å². The highest BCUT2D eigenvalue weighted by atomic mass is 32.2. The molecule has 0 aliphatic carbocycles. The number of sulfonamides is 1. The molecule has 2 N–H and O–H groups in total. The van der Waals surface area contributed by atoms with Crippen molar-refractivity contribution in [1.82, 2.24) is 9.62 Å². The van der Waals surface area contributed by atoms with Crippen LogP contribution in [0.1, 0.15) is 19.8 Å². The molecule has 1 aliphatic heterocycles. The summed E-state index contributed by atoms with van der Waals surface area (Å²) in [6, 6.07) is 7.83. The van der Waals surface area contributed by atoms with Crippen molar-refractivity contribution >= 4 is 15.9 Å². The van der Waals surface area contributed by atoms with Crippen molar-refractivity contribution in [3.8, 4) is 0 Å². The van der Waals surface area contributed by atoms with Gasteiger partial charge >= 0.3 is 0 Å². The van der Waals surface area contributed by atoms with Crippen LogP contribution in [0.15, 0.2) is 35.2 Å². The zero-order valence-electron chi connectivity index (χ0n) is 11.9. The molecule has 0 unspecified atom stereocenters. The van der Waals surface area contributed by atoms with E-state index < -0.39 is 22.2 Å². The minimum absolute atomic E-state index is 0.224. The lowest BCUT2D eigenvalue weighted by molar-refractivity contribution is -0.120. The predicted octanol–water partition coefficient (Wildman–Crippen LogP) is 0.337. The van der Waals surface area contributed by atoms with Crippen LogP contribution in [0, 0.1) is 0 Å². The van der Waals surface area contributed by atoms with E-state index in [0.717, 1.165) is 0 Å². The van der Waals surface area contributed by atoms with Crippen LogP contribution in [0.25, 0.3) is 0 Å². The van der Waals surface area contributed by atoms with Gasteiger partial charge in [-0.1, -0.05) is 18.2 Å². The monoisotopic (exact) mass is 312 g/mol. The van der Waals surface area contributed by atoms with Crippen LogP contribution >= 0.6 is 0 Å². The fraction of sp³-hybridized carbons (Fsp3) is 0.500. The number of aliphatic hydroxyl groups is 1. The van der Waals surface area contributed by atoms with Crippen molar-refractivity contribution in [2.45, 2.75) is 36.8 Å². The first kappa shape index (κ1) is 15.9. The van der Waals surface area contributed by atoms with Crippen molar-refractivity contribution in [1.29, 1.82) is 0 Å². The second-order valence-corrected chi connectivity index (χ2v) is 7.11. The molecule has 2 rings (SSSR count). The molecule has 2 atom stereocenters. The highest BCUT2D eigenvalue weighted by Gasteiger charge is 2.31. The summed E-state index contributed by atoms with van der Waals surface area (Å²) >= 11 is 0. The van der Waals surface area contributed by atoms with Gasteiger partial charge in [0.05, 0.1) is 17.0 Å². The quantitative estimate of drug-likeness (QED) is 0.842. The first-order chi connectivity index (χ1) is 9.91. The molecule has 1 aromatic rings. The maximum absolute atomic E-state index is 12.5. The zero-order valence-corrected chi connectivity index (χ0v) is 12.7. The van der Waals surface area contributed by atoms with E-state index in [-0.39, 0.29) is 23.9 Å². The molecule has 1 aliphatic rings. The summed E-state index contributed by atoms with van der Waals surface area (Å²) in [5, 5.41) is 12.7. The SMILES string of the molecule is CC(=O)N[C@H]1CCN(S(=O)(=O)c2ccccc2)CC[C@@H]1O. The molecule has 6 nitrogen and oxygen atoms in total. The van der Waals surface area contributed by atoms with E-state index in [4.69, 9.17) is 0 Å². The first-order valence-corrected chi connectivity index (χ1v) is 8.35. The van der Waals surface area contributed by atoms with Crippen molar-refractivity contribution in [2.75, 3.05) is 13.1 Å². The number of nitrogens with zero attached hydrogens (tertiary/aromatic N) is 1. The average molecular weight is 312 g/mol. The van der Waals surface area contributed by atoms with Crippen molar-refractivity contribution in [3.05, 3.63) is 30.3 Å². The lowest BCUT2D eigenvalue weighted by atomic mass is 10.1. The lowest BCUT2D eigenvalue weighted by Gasteiger charge is -2.20. The Hall–Kier alpha value is -1.44. The topological polar surface area (TPSA) is 86.7 Å². The Balaban J connectivity index is 2.14. The Morgan fingerprint density at radius 3 is 2.48 bits per heavy atom. The Kier molecular flexibility index (Phi) is 4.97. The number of carbonyl (C=O) groups is 1. The van der Waals surface area contributed by atoms with Crippen LogP contribution in [-0.2, 0) is 14.8 Å². The molecule has 0 saturated carbocycles. The summed E-state index contributed by atoms with van der Waals surface area (Å²) in [4.78, 5) is 11.4. The number of carbonyl (C=O) groups excluding carboxylic acids is 1. The van der Waals surface area contributed by atoms with Crippen molar-refractivity contribution < 1.29 is 18.3 Å². The molecule has 7 heteroatoms. The maximum Gasteiger partial charge on any atom is 0.243 e. The standard InChI is InChI=1S/C14H20N2O4S/c1-11(17)15-13-7-9-16(10-8-14(13)18)21(19,20)12-5-3-2-4-6-12/h2-6,13-14,18H,7-10H2,1H3,(H,15,17)/t13-,14-/m0/s1. The largest absolute Gasteiger partial charge is 0.391 e. The minimum Gasteiger partial charge on any atom is -0.391 e. The summed E-state index contributed by atoms with van der Waals surface area (Å²) in [6.07, 6.45) is -0.0334. The molecule has 1 saturated heterocycles. The molecule has 116 valence electrons. The molecule has 0 spiro atoms. The van der Waals surface area contributed by atoms with Gasteiger partial charge in [-0.3, -0.25) is 4.79 Å². The van der Waals surface area contributed by atoms with Crippen molar-refractivity contribution in [3.63, 3.8) is 0 Å². The molecule has 21 heavy (non-hydrogen) atoms. The van der Waals surface area contributed by atoms with Gasteiger partial charge in [-0.2, -0.15) is 4.31 Å². The van der Waals surface area contributed by atoms with Gasteiger partial charge in [0.2, 0.25) is 15.9 Å². The first-order valence-electron chi connectivity index (χ1n) is 6.91. The number of aliphatic hydroxyl groups excluding tert-OH is 1. The van der Waals surface area contributed by atoms with Crippen LogP contribution in [0.4, 0.5) is 0 Å². The minimum atomic E-state index is -3.55. The Bertz CT molecular complexity index is 588. The highest BCUT2D eigenvalue weighted by Crippen LogP contribution is 2.20. The number of rotatable bonds is 3. The van der Waals surface area contributed by atoms with Gasteiger partial charge < -0.3 is 10.4 Å². The third kappa shape index (κ3) is 3.81. The fourth-order valence-corrected chi connectivity index (χ4v) is 3.97. The smallest absolute Gasteiger partial charge is 0.243 e. The molecule has 1 fully saturated rings. The number of amides is 1. The van der Waals surface area contributed by atoms with E-state index in [0.29, 0.717) is 12.8 Å². The Morgan fingerprint density at radius 2 is 1.86 bits per heavy atom. The Labute approximate surface area is 124 Å². The molecule has 0 aromatic heterocycles. The number of benzene rings is 1. The third-order valence-corrected chi connectivity index (χ3v) is 5.51. The number of hydrogen-bond acceptors (Lipinski definition) is 4. The fourth-order valence-electron chi connectivity index (χ4n) is 2.48. The summed E-state index contributed by atoms with van der Waals surface area (Å²) in [5.74, 6) is -0.224. The second-order valence-electron chi connectivity index (χ2n) is 5.17. The summed E-state index contributed by atoms with van der Waals surface area (Å²) in [7, 11) is -3.55. The summed E-state index contributed by atoms with van der Waals surface area (Å²) in [6.45, 7) is 1.91. The van der Waals surface area contributed by atoms with E-state index >= 15 is 0 Å². The Morgan fingerprint density at radius 1 is 1.24 bits per heavy atom.